The fourth-order valence-corrected chi connectivity index (χ4v) is 1.85. The van der Waals surface area contributed by atoms with E-state index in [2.05, 4.69) is 0 Å². The predicted molar refractivity (Wildman–Crippen MR) is 69.6 cm³/mol. The minimum Gasteiger partial charge on any atom is -0.507 e. The third kappa shape index (κ3) is 3.72. The standard InChI is InChI=1S/C13H20N2O3/c1-8-4-9(6-11(14)13(17)18)5-10(12(8)16)7-15(2)3/h4-5,11,16H,6-7,14H2,1-3H3,(H,17,18). The van der Waals surface area contributed by atoms with Gasteiger partial charge in [-0.2, -0.15) is 0 Å². The van der Waals surface area contributed by atoms with E-state index in [1.54, 1.807) is 13.0 Å². The Morgan fingerprint density at radius 1 is 1.44 bits per heavy atom. The Bertz CT molecular complexity index is 444. The van der Waals surface area contributed by atoms with Gasteiger partial charge in [-0.1, -0.05) is 12.1 Å². The molecule has 0 bridgehead atoms. The molecule has 0 fully saturated rings. The van der Waals surface area contributed by atoms with Crippen LogP contribution in [-0.4, -0.2) is 41.2 Å². The molecule has 1 rings (SSSR count). The van der Waals surface area contributed by atoms with Gasteiger partial charge in [0.2, 0.25) is 0 Å². The molecule has 5 nitrogen and oxygen atoms in total. The largest absolute Gasteiger partial charge is 0.507 e. The predicted octanol–water partition coefficient (Wildman–Crippen LogP) is 0.717. The highest BCUT2D eigenvalue weighted by molar-refractivity contribution is 5.73. The van der Waals surface area contributed by atoms with E-state index in [0.717, 1.165) is 16.7 Å². The SMILES string of the molecule is Cc1cc(CC(N)C(=O)O)cc(CN(C)C)c1O. The molecule has 0 heterocycles. The molecule has 1 atom stereocenters. The summed E-state index contributed by atoms with van der Waals surface area (Å²) >= 11 is 0. The van der Waals surface area contributed by atoms with Crippen molar-refractivity contribution in [1.82, 2.24) is 4.90 Å². The zero-order valence-corrected chi connectivity index (χ0v) is 11.0. The van der Waals surface area contributed by atoms with Gasteiger partial charge in [0.1, 0.15) is 11.8 Å². The fraction of sp³-hybridized carbons (Fsp3) is 0.462. The lowest BCUT2D eigenvalue weighted by molar-refractivity contribution is -0.138. The second-order valence-corrected chi connectivity index (χ2v) is 4.81. The third-order valence-electron chi connectivity index (χ3n) is 2.70. The summed E-state index contributed by atoms with van der Waals surface area (Å²) < 4.78 is 0. The number of benzene rings is 1. The molecule has 0 spiro atoms. The molecule has 0 aliphatic heterocycles. The van der Waals surface area contributed by atoms with Gasteiger partial charge in [0, 0.05) is 12.1 Å². The number of aromatic hydroxyl groups is 1. The first-order chi connectivity index (χ1) is 8.31. The van der Waals surface area contributed by atoms with Crippen molar-refractivity contribution >= 4 is 5.97 Å². The van der Waals surface area contributed by atoms with Crippen molar-refractivity contribution in [2.24, 2.45) is 5.73 Å². The number of carboxylic acid groups (broad SMARTS) is 1. The fourth-order valence-electron chi connectivity index (χ4n) is 1.85. The van der Waals surface area contributed by atoms with Crippen molar-refractivity contribution in [3.63, 3.8) is 0 Å². The first-order valence-electron chi connectivity index (χ1n) is 5.75. The van der Waals surface area contributed by atoms with Crippen molar-refractivity contribution < 1.29 is 15.0 Å². The number of phenolic OH excluding ortho intramolecular Hbond substituents is 1. The zero-order valence-electron chi connectivity index (χ0n) is 11.0. The third-order valence-corrected chi connectivity index (χ3v) is 2.70. The number of carboxylic acids is 1. The van der Waals surface area contributed by atoms with Crippen LogP contribution in [0.3, 0.4) is 0 Å². The maximum Gasteiger partial charge on any atom is 0.320 e. The molecule has 0 saturated heterocycles. The number of nitrogens with two attached hydrogens (primary N) is 1. The molecular weight excluding hydrogens is 232 g/mol. The molecule has 1 unspecified atom stereocenters. The Labute approximate surface area is 107 Å². The highest BCUT2D eigenvalue weighted by Crippen LogP contribution is 2.25. The molecule has 0 saturated carbocycles. The summed E-state index contributed by atoms with van der Waals surface area (Å²) in [5, 5.41) is 18.7. The van der Waals surface area contributed by atoms with Crippen LogP contribution < -0.4 is 5.73 Å². The second kappa shape index (κ2) is 5.84. The Kier molecular flexibility index (Phi) is 4.69. The van der Waals surface area contributed by atoms with Crippen LogP contribution in [0.15, 0.2) is 12.1 Å². The van der Waals surface area contributed by atoms with Crippen molar-refractivity contribution in [3.05, 3.63) is 28.8 Å². The Morgan fingerprint density at radius 3 is 2.56 bits per heavy atom. The minimum atomic E-state index is -1.02. The highest BCUT2D eigenvalue weighted by Gasteiger charge is 2.14. The molecule has 0 aliphatic rings. The molecule has 100 valence electrons. The van der Waals surface area contributed by atoms with Gasteiger partial charge in [0.15, 0.2) is 0 Å². The van der Waals surface area contributed by atoms with Gasteiger partial charge in [-0.25, -0.2) is 0 Å². The normalized spacial score (nSPS) is 12.7. The van der Waals surface area contributed by atoms with Crippen molar-refractivity contribution in [1.29, 1.82) is 0 Å². The highest BCUT2D eigenvalue weighted by atomic mass is 16.4. The van der Waals surface area contributed by atoms with E-state index in [0.29, 0.717) is 6.54 Å². The van der Waals surface area contributed by atoms with Crippen LogP contribution in [0.2, 0.25) is 0 Å². The summed E-state index contributed by atoms with van der Waals surface area (Å²) in [6, 6.07) is 2.67. The van der Waals surface area contributed by atoms with E-state index in [1.165, 1.54) is 0 Å². The van der Waals surface area contributed by atoms with Crippen LogP contribution >= 0.6 is 0 Å². The Morgan fingerprint density at radius 2 is 2.06 bits per heavy atom. The summed E-state index contributed by atoms with van der Waals surface area (Å²) in [5.41, 5.74) is 7.87. The second-order valence-electron chi connectivity index (χ2n) is 4.81. The van der Waals surface area contributed by atoms with Crippen molar-refractivity contribution in [3.8, 4) is 5.75 Å². The molecule has 0 aliphatic carbocycles. The maximum absolute atomic E-state index is 10.7. The first kappa shape index (κ1) is 14.5. The van der Waals surface area contributed by atoms with Gasteiger partial charge >= 0.3 is 5.97 Å². The Hall–Kier alpha value is -1.59. The summed E-state index contributed by atoms with van der Waals surface area (Å²) in [6.45, 7) is 2.40. The van der Waals surface area contributed by atoms with E-state index in [9.17, 15) is 9.90 Å². The molecule has 1 aromatic rings. The van der Waals surface area contributed by atoms with Crippen LogP contribution in [0.4, 0.5) is 0 Å². The molecular formula is C13H20N2O3. The number of aryl methyl sites for hydroxylation is 1. The smallest absolute Gasteiger partial charge is 0.320 e. The number of carbonyl (C=O) groups is 1. The Balaban J connectivity index is 3.00. The summed E-state index contributed by atoms with van der Waals surface area (Å²) in [4.78, 5) is 12.7. The van der Waals surface area contributed by atoms with Crippen LogP contribution in [0.25, 0.3) is 0 Å². The zero-order chi connectivity index (χ0) is 13.9. The molecule has 4 N–H and O–H groups in total. The maximum atomic E-state index is 10.7. The number of nitrogens with zero attached hydrogens (tertiary/aromatic N) is 1. The molecule has 0 amide bonds. The summed E-state index contributed by atoms with van der Waals surface area (Å²) in [5.74, 6) is -0.758. The van der Waals surface area contributed by atoms with Crippen molar-refractivity contribution in [2.75, 3.05) is 14.1 Å². The number of hydrogen-bond donors (Lipinski definition) is 3. The first-order valence-corrected chi connectivity index (χ1v) is 5.75. The molecule has 18 heavy (non-hydrogen) atoms. The molecule has 1 aromatic carbocycles. The monoisotopic (exact) mass is 252 g/mol. The van der Waals surface area contributed by atoms with E-state index in [4.69, 9.17) is 10.8 Å². The lowest BCUT2D eigenvalue weighted by atomic mass is 9.99. The van der Waals surface area contributed by atoms with E-state index >= 15 is 0 Å². The van der Waals surface area contributed by atoms with E-state index < -0.39 is 12.0 Å². The topological polar surface area (TPSA) is 86.8 Å². The lowest BCUT2D eigenvalue weighted by Crippen LogP contribution is -2.32. The number of rotatable bonds is 5. The van der Waals surface area contributed by atoms with Gasteiger partial charge in [-0.05, 0) is 38.6 Å². The van der Waals surface area contributed by atoms with Crippen LogP contribution in [0, 0.1) is 6.92 Å². The van der Waals surface area contributed by atoms with Crippen LogP contribution in [-0.2, 0) is 17.8 Å². The quantitative estimate of drug-likeness (QED) is 0.718. The van der Waals surface area contributed by atoms with Crippen molar-refractivity contribution in [2.45, 2.75) is 25.9 Å². The van der Waals surface area contributed by atoms with E-state index in [1.807, 2.05) is 25.1 Å². The van der Waals surface area contributed by atoms with Crippen LogP contribution in [0.5, 0.6) is 5.75 Å². The number of aliphatic carboxylic acids is 1. The van der Waals surface area contributed by atoms with Crippen LogP contribution in [0.1, 0.15) is 16.7 Å². The van der Waals surface area contributed by atoms with Gasteiger partial charge in [0.25, 0.3) is 0 Å². The average molecular weight is 252 g/mol. The van der Waals surface area contributed by atoms with E-state index in [-0.39, 0.29) is 12.2 Å². The lowest BCUT2D eigenvalue weighted by Gasteiger charge is -2.15. The molecule has 5 heteroatoms. The number of phenols is 1. The molecule has 0 radical (unpaired) electrons. The summed E-state index contributed by atoms with van der Waals surface area (Å²) in [7, 11) is 3.81. The van der Waals surface area contributed by atoms with Gasteiger partial charge < -0.3 is 20.8 Å². The van der Waals surface area contributed by atoms with Gasteiger partial charge in [0.05, 0.1) is 0 Å². The van der Waals surface area contributed by atoms with Gasteiger partial charge in [-0.3, -0.25) is 4.79 Å². The number of hydrogen-bond acceptors (Lipinski definition) is 4. The molecule has 0 aromatic heterocycles. The van der Waals surface area contributed by atoms with Gasteiger partial charge in [-0.15, -0.1) is 0 Å². The minimum absolute atomic E-state index is 0.261. The summed E-state index contributed by atoms with van der Waals surface area (Å²) in [6.07, 6.45) is 0.261. The average Bonchev–Trinajstić information content (AvgIpc) is 2.24.